The molecule has 1 aliphatic heterocycles. The zero-order valence-electron chi connectivity index (χ0n) is 11.4. The minimum absolute atomic E-state index is 0.558. The van der Waals surface area contributed by atoms with Crippen LogP contribution in [-0.4, -0.2) is 29.1 Å². The van der Waals surface area contributed by atoms with Gasteiger partial charge in [0.2, 0.25) is 0 Å². The second-order valence-corrected chi connectivity index (χ2v) is 6.78. The highest BCUT2D eigenvalue weighted by Crippen LogP contribution is 2.35. The number of hydrogen-bond donors (Lipinski definition) is 1. The van der Waals surface area contributed by atoms with Crippen molar-refractivity contribution in [2.75, 3.05) is 13.1 Å². The fraction of sp³-hybridized carbons (Fsp3) is 0.533. The van der Waals surface area contributed by atoms with Gasteiger partial charge < -0.3 is 5.11 Å². The van der Waals surface area contributed by atoms with Crippen molar-refractivity contribution in [3.05, 3.63) is 34.5 Å². The lowest BCUT2D eigenvalue weighted by Crippen LogP contribution is -2.47. The van der Waals surface area contributed by atoms with Crippen molar-refractivity contribution in [3.8, 4) is 0 Å². The third-order valence-electron chi connectivity index (χ3n) is 3.82. The number of likely N-dealkylation sites (tertiary alicyclic amines) is 1. The average molecular weight is 279 g/mol. The number of allylic oxidation sites excluding steroid dienone is 1. The summed E-state index contributed by atoms with van der Waals surface area (Å²) in [5.41, 5.74) is -0.633. The first-order chi connectivity index (χ1) is 9.05. The molecule has 1 saturated heterocycles. The van der Waals surface area contributed by atoms with Crippen LogP contribution >= 0.6 is 11.3 Å². The quantitative estimate of drug-likeness (QED) is 0.841. The maximum atomic E-state index is 11.6. The lowest BCUT2D eigenvalue weighted by atomic mass is 9.77. The number of rotatable bonds is 5. The van der Waals surface area contributed by atoms with E-state index in [2.05, 4.69) is 30.5 Å². The van der Waals surface area contributed by atoms with Crippen LogP contribution in [0.3, 0.4) is 0 Å². The Hall–Kier alpha value is -1.13. The fourth-order valence-corrected chi connectivity index (χ4v) is 3.79. The molecule has 0 aliphatic carbocycles. The first kappa shape index (κ1) is 14.3. The molecule has 2 heterocycles. The molecule has 1 aromatic heterocycles. The van der Waals surface area contributed by atoms with Crippen molar-refractivity contribution >= 4 is 17.3 Å². The molecular weight excluding hydrogens is 258 g/mol. The third-order valence-corrected chi connectivity index (χ3v) is 4.81. The molecule has 0 aromatic carbocycles. The van der Waals surface area contributed by atoms with Gasteiger partial charge in [-0.15, -0.1) is 17.9 Å². The van der Waals surface area contributed by atoms with Gasteiger partial charge in [-0.2, -0.15) is 0 Å². The van der Waals surface area contributed by atoms with E-state index in [1.54, 1.807) is 17.4 Å². The zero-order valence-corrected chi connectivity index (χ0v) is 12.2. The van der Waals surface area contributed by atoms with Gasteiger partial charge in [-0.05, 0) is 44.9 Å². The van der Waals surface area contributed by atoms with E-state index < -0.39 is 11.4 Å². The summed E-state index contributed by atoms with van der Waals surface area (Å²) in [5, 5.41) is 9.54. The number of carboxylic acids is 1. The Morgan fingerprint density at radius 2 is 2.42 bits per heavy atom. The van der Waals surface area contributed by atoms with Crippen molar-refractivity contribution in [1.29, 1.82) is 0 Å². The molecule has 2 rings (SSSR count). The summed E-state index contributed by atoms with van der Waals surface area (Å²) < 4.78 is 0. The van der Waals surface area contributed by atoms with Crippen molar-refractivity contribution in [2.45, 2.75) is 32.7 Å². The van der Waals surface area contributed by atoms with E-state index in [0.29, 0.717) is 13.0 Å². The highest BCUT2D eigenvalue weighted by atomic mass is 32.1. The van der Waals surface area contributed by atoms with Crippen LogP contribution in [0.25, 0.3) is 0 Å². The van der Waals surface area contributed by atoms with Crippen molar-refractivity contribution in [3.63, 3.8) is 0 Å². The fourth-order valence-electron chi connectivity index (χ4n) is 2.86. The van der Waals surface area contributed by atoms with Gasteiger partial charge in [0.1, 0.15) is 0 Å². The summed E-state index contributed by atoms with van der Waals surface area (Å²) >= 11 is 1.79. The molecule has 1 N–H and O–H groups in total. The number of piperidine rings is 1. The maximum absolute atomic E-state index is 11.6. The summed E-state index contributed by atoms with van der Waals surface area (Å²) in [6, 6.07) is 4.27. The van der Waals surface area contributed by atoms with Gasteiger partial charge in [-0.3, -0.25) is 9.69 Å². The number of aryl methyl sites for hydroxylation is 1. The molecule has 0 saturated carbocycles. The minimum atomic E-state index is -0.681. The second-order valence-electron chi connectivity index (χ2n) is 5.40. The largest absolute Gasteiger partial charge is 0.481 e. The Kier molecular flexibility index (Phi) is 4.42. The summed E-state index contributed by atoms with van der Waals surface area (Å²) in [6.07, 6.45) is 4.01. The van der Waals surface area contributed by atoms with Gasteiger partial charge in [0.15, 0.2) is 0 Å². The molecule has 0 bridgehead atoms. The zero-order chi connectivity index (χ0) is 13.9. The normalized spacial score (nSPS) is 24.3. The lowest BCUT2D eigenvalue weighted by molar-refractivity contribution is -0.152. The van der Waals surface area contributed by atoms with Crippen LogP contribution in [0.4, 0.5) is 0 Å². The third kappa shape index (κ3) is 3.25. The van der Waals surface area contributed by atoms with Crippen LogP contribution in [-0.2, 0) is 11.3 Å². The van der Waals surface area contributed by atoms with E-state index in [0.717, 1.165) is 25.9 Å². The Labute approximate surface area is 118 Å². The summed E-state index contributed by atoms with van der Waals surface area (Å²) in [7, 11) is 0. The molecule has 1 atom stereocenters. The van der Waals surface area contributed by atoms with E-state index in [-0.39, 0.29) is 0 Å². The monoisotopic (exact) mass is 279 g/mol. The van der Waals surface area contributed by atoms with Crippen molar-refractivity contribution in [1.82, 2.24) is 4.90 Å². The number of carboxylic acid groups (broad SMARTS) is 1. The van der Waals surface area contributed by atoms with Crippen LogP contribution in [0, 0.1) is 12.3 Å². The SMILES string of the molecule is C=CC[C@@]1(C(=O)O)CCCN(Cc2ccc(C)s2)C1. The summed E-state index contributed by atoms with van der Waals surface area (Å²) in [5.74, 6) is -0.681. The van der Waals surface area contributed by atoms with Crippen LogP contribution in [0.15, 0.2) is 24.8 Å². The number of thiophene rings is 1. The topological polar surface area (TPSA) is 40.5 Å². The predicted octanol–water partition coefficient (Wildman–Crippen LogP) is 3.30. The molecule has 1 aromatic rings. The van der Waals surface area contributed by atoms with E-state index in [9.17, 15) is 9.90 Å². The summed E-state index contributed by atoms with van der Waals surface area (Å²) in [6.45, 7) is 8.30. The number of nitrogens with zero attached hydrogens (tertiary/aromatic N) is 1. The predicted molar refractivity (Wildman–Crippen MR) is 78.4 cm³/mol. The van der Waals surface area contributed by atoms with Gasteiger partial charge in [0.05, 0.1) is 5.41 Å². The van der Waals surface area contributed by atoms with Gasteiger partial charge in [0.25, 0.3) is 0 Å². The Morgan fingerprint density at radius 1 is 1.63 bits per heavy atom. The molecule has 0 radical (unpaired) electrons. The van der Waals surface area contributed by atoms with E-state index >= 15 is 0 Å². The maximum Gasteiger partial charge on any atom is 0.311 e. The van der Waals surface area contributed by atoms with Crippen LogP contribution in [0.1, 0.15) is 29.0 Å². The van der Waals surface area contributed by atoms with Gasteiger partial charge in [-0.25, -0.2) is 0 Å². The molecular formula is C15H21NO2S. The highest BCUT2D eigenvalue weighted by Gasteiger charge is 2.41. The minimum Gasteiger partial charge on any atom is -0.481 e. The smallest absolute Gasteiger partial charge is 0.311 e. The number of carbonyl (C=O) groups is 1. The van der Waals surface area contributed by atoms with Crippen LogP contribution in [0.2, 0.25) is 0 Å². The van der Waals surface area contributed by atoms with Crippen molar-refractivity contribution in [2.24, 2.45) is 5.41 Å². The Morgan fingerprint density at radius 3 is 3.00 bits per heavy atom. The van der Waals surface area contributed by atoms with Crippen LogP contribution < -0.4 is 0 Å². The molecule has 1 fully saturated rings. The van der Waals surface area contributed by atoms with Gasteiger partial charge in [0, 0.05) is 22.8 Å². The molecule has 0 amide bonds. The van der Waals surface area contributed by atoms with Crippen molar-refractivity contribution < 1.29 is 9.90 Å². The molecule has 0 spiro atoms. The van der Waals surface area contributed by atoms with E-state index in [1.807, 2.05) is 0 Å². The Balaban J connectivity index is 2.07. The summed E-state index contributed by atoms with van der Waals surface area (Å²) in [4.78, 5) is 16.5. The average Bonchev–Trinajstić information content (AvgIpc) is 2.75. The Bertz CT molecular complexity index is 468. The van der Waals surface area contributed by atoms with Gasteiger partial charge in [-0.1, -0.05) is 6.08 Å². The number of hydrogen-bond acceptors (Lipinski definition) is 3. The van der Waals surface area contributed by atoms with E-state index in [4.69, 9.17) is 0 Å². The van der Waals surface area contributed by atoms with Crippen LogP contribution in [0.5, 0.6) is 0 Å². The second kappa shape index (κ2) is 5.88. The molecule has 3 nitrogen and oxygen atoms in total. The molecule has 19 heavy (non-hydrogen) atoms. The first-order valence-corrected chi connectivity index (χ1v) is 7.49. The lowest BCUT2D eigenvalue weighted by Gasteiger charge is -2.39. The molecule has 0 unspecified atom stereocenters. The molecule has 4 heteroatoms. The first-order valence-electron chi connectivity index (χ1n) is 6.68. The van der Waals surface area contributed by atoms with E-state index in [1.165, 1.54) is 9.75 Å². The molecule has 104 valence electrons. The standard InChI is InChI=1S/C15H21NO2S/c1-3-7-15(14(17)18)8-4-9-16(11-15)10-13-6-5-12(2)19-13/h3,5-6H,1,4,7-11H2,2H3,(H,17,18)/t15-/m1/s1. The molecule has 1 aliphatic rings. The highest BCUT2D eigenvalue weighted by molar-refractivity contribution is 7.11. The van der Waals surface area contributed by atoms with Gasteiger partial charge >= 0.3 is 5.97 Å². The number of aliphatic carboxylic acids is 1.